The fraction of sp³-hybridized carbons (Fsp3) is 0.833. The van der Waals surface area contributed by atoms with Crippen molar-refractivity contribution in [1.82, 2.24) is 0 Å². The van der Waals surface area contributed by atoms with Crippen LogP contribution in [0, 0.1) is 0 Å². The third-order valence-electron chi connectivity index (χ3n) is 4.31. The average molecular weight is 328 g/mol. The van der Waals surface area contributed by atoms with Crippen LogP contribution in [0.5, 0.6) is 0 Å². The zero-order chi connectivity index (χ0) is 17.1. The molecule has 0 amide bonds. The minimum atomic E-state index is -1.17. The lowest BCUT2D eigenvalue weighted by Gasteiger charge is -2.20. The first kappa shape index (κ1) is 20.1. The standard InChI is InChI=1S/C18H32O5/c1-2-3-5-9-15-10-7-4-6-8-14(19)13-17(21)16(20)11-12-18(22)23-15/h11-12,14-17,19-21H,2-10,13H2,1H3/b12-11+/t14?,15-,16-,17+/m1/s1. The van der Waals surface area contributed by atoms with Gasteiger partial charge in [-0.15, -0.1) is 0 Å². The number of cyclic esters (lactones) is 1. The summed E-state index contributed by atoms with van der Waals surface area (Å²) in [6.45, 7) is 2.14. The molecule has 23 heavy (non-hydrogen) atoms. The van der Waals surface area contributed by atoms with E-state index in [2.05, 4.69) is 6.92 Å². The van der Waals surface area contributed by atoms with Crippen LogP contribution in [-0.4, -0.2) is 45.7 Å². The molecule has 3 N–H and O–H groups in total. The van der Waals surface area contributed by atoms with Crippen molar-refractivity contribution < 1.29 is 24.9 Å². The number of hydrogen-bond acceptors (Lipinski definition) is 5. The Hall–Kier alpha value is -0.910. The van der Waals surface area contributed by atoms with Crippen molar-refractivity contribution in [3.63, 3.8) is 0 Å². The van der Waals surface area contributed by atoms with Crippen LogP contribution < -0.4 is 0 Å². The van der Waals surface area contributed by atoms with Crippen LogP contribution in [-0.2, 0) is 9.53 Å². The minimum absolute atomic E-state index is 0.0892. The molecule has 134 valence electrons. The van der Waals surface area contributed by atoms with Crippen molar-refractivity contribution >= 4 is 5.97 Å². The van der Waals surface area contributed by atoms with Gasteiger partial charge >= 0.3 is 5.97 Å². The Kier molecular flexibility index (Phi) is 10.2. The van der Waals surface area contributed by atoms with Gasteiger partial charge in [-0.2, -0.15) is 0 Å². The summed E-state index contributed by atoms with van der Waals surface area (Å²) in [5.41, 5.74) is 0. The highest BCUT2D eigenvalue weighted by atomic mass is 16.5. The maximum Gasteiger partial charge on any atom is 0.330 e. The molecule has 1 heterocycles. The highest BCUT2D eigenvalue weighted by Crippen LogP contribution is 2.18. The molecule has 0 bridgehead atoms. The van der Waals surface area contributed by atoms with E-state index in [-0.39, 0.29) is 12.5 Å². The van der Waals surface area contributed by atoms with E-state index in [4.69, 9.17) is 4.74 Å². The number of hydrogen-bond donors (Lipinski definition) is 3. The van der Waals surface area contributed by atoms with Gasteiger partial charge in [0.05, 0.1) is 18.3 Å². The molecule has 5 nitrogen and oxygen atoms in total. The van der Waals surface area contributed by atoms with Gasteiger partial charge in [0, 0.05) is 12.5 Å². The molecule has 5 heteroatoms. The van der Waals surface area contributed by atoms with Gasteiger partial charge in [0.2, 0.25) is 0 Å². The summed E-state index contributed by atoms with van der Waals surface area (Å²) >= 11 is 0. The molecule has 1 aliphatic heterocycles. The van der Waals surface area contributed by atoms with E-state index in [9.17, 15) is 20.1 Å². The molecule has 0 aromatic rings. The summed E-state index contributed by atoms with van der Waals surface area (Å²) in [5.74, 6) is -0.477. The Balaban J connectivity index is 2.63. The zero-order valence-electron chi connectivity index (χ0n) is 14.2. The topological polar surface area (TPSA) is 87.0 Å². The van der Waals surface area contributed by atoms with E-state index >= 15 is 0 Å². The minimum Gasteiger partial charge on any atom is -0.459 e. The van der Waals surface area contributed by atoms with Crippen molar-refractivity contribution in [1.29, 1.82) is 0 Å². The lowest BCUT2D eigenvalue weighted by atomic mass is 9.99. The predicted octanol–water partition coefficient (Wildman–Crippen LogP) is 2.47. The Morgan fingerprint density at radius 3 is 2.61 bits per heavy atom. The van der Waals surface area contributed by atoms with Crippen LogP contribution in [0.15, 0.2) is 12.2 Å². The smallest absolute Gasteiger partial charge is 0.330 e. The number of aliphatic hydroxyl groups is 3. The normalized spacial score (nSPS) is 32.8. The molecule has 0 spiro atoms. The Labute approximate surface area is 139 Å². The first-order valence-corrected chi connectivity index (χ1v) is 8.96. The number of unbranched alkanes of at least 4 members (excludes halogenated alkanes) is 2. The summed E-state index contributed by atoms with van der Waals surface area (Å²) in [6, 6.07) is 0. The lowest BCUT2D eigenvalue weighted by Crippen LogP contribution is -2.29. The Morgan fingerprint density at radius 2 is 1.87 bits per heavy atom. The summed E-state index contributed by atoms with van der Waals surface area (Å²) < 4.78 is 5.48. The number of ether oxygens (including phenoxy) is 1. The molecular weight excluding hydrogens is 296 g/mol. The van der Waals surface area contributed by atoms with Crippen molar-refractivity contribution in [3.8, 4) is 0 Å². The van der Waals surface area contributed by atoms with E-state index < -0.39 is 24.3 Å². The first-order valence-electron chi connectivity index (χ1n) is 8.96. The maximum atomic E-state index is 11.9. The van der Waals surface area contributed by atoms with Crippen LogP contribution in [0.1, 0.15) is 71.1 Å². The number of carbonyl (C=O) groups excluding carboxylic acids is 1. The van der Waals surface area contributed by atoms with E-state index in [1.165, 1.54) is 12.2 Å². The van der Waals surface area contributed by atoms with Crippen molar-refractivity contribution in [3.05, 3.63) is 12.2 Å². The quantitative estimate of drug-likeness (QED) is 0.545. The monoisotopic (exact) mass is 328 g/mol. The van der Waals surface area contributed by atoms with Crippen LogP contribution in [0.3, 0.4) is 0 Å². The van der Waals surface area contributed by atoms with E-state index in [1.807, 2.05) is 0 Å². The molecule has 0 aliphatic carbocycles. The third-order valence-corrected chi connectivity index (χ3v) is 4.31. The molecule has 0 radical (unpaired) electrons. The highest BCUT2D eigenvalue weighted by molar-refractivity contribution is 5.82. The zero-order valence-corrected chi connectivity index (χ0v) is 14.2. The molecule has 4 atom stereocenters. The molecule has 1 rings (SSSR count). The van der Waals surface area contributed by atoms with Crippen LogP contribution >= 0.6 is 0 Å². The second-order valence-electron chi connectivity index (χ2n) is 6.50. The fourth-order valence-corrected chi connectivity index (χ4v) is 2.86. The molecule has 0 aromatic carbocycles. The number of carbonyl (C=O) groups is 1. The van der Waals surface area contributed by atoms with Gasteiger partial charge in [0.1, 0.15) is 6.10 Å². The van der Waals surface area contributed by atoms with Gasteiger partial charge in [-0.1, -0.05) is 32.6 Å². The molecule has 1 unspecified atom stereocenters. The van der Waals surface area contributed by atoms with Gasteiger partial charge in [-0.25, -0.2) is 4.79 Å². The van der Waals surface area contributed by atoms with E-state index in [1.54, 1.807) is 0 Å². The Bertz CT molecular complexity index is 355. The van der Waals surface area contributed by atoms with Crippen molar-refractivity contribution in [2.24, 2.45) is 0 Å². The second-order valence-corrected chi connectivity index (χ2v) is 6.50. The first-order chi connectivity index (χ1) is 11.0. The molecule has 0 fully saturated rings. The average Bonchev–Trinajstić information content (AvgIpc) is 2.51. The highest BCUT2D eigenvalue weighted by Gasteiger charge is 2.19. The lowest BCUT2D eigenvalue weighted by molar-refractivity contribution is -0.143. The van der Waals surface area contributed by atoms with Crippen LogP contribution in [0.4, 0.5) is 0 Å². The molecule has 0 saturated carbocycles. The van der Waals surface area contributed by atoms with E-state index in [0.717, 1.165) is 51.4 Å². The molecular formula is C18H32O5. The Morgan fingerprint density at radius 1 is 1.13 bits per heavy atom. The number of rotatable bonds is 4. The maximum absolute atomic E-state index is 11.9. The van der Waals surface area contributed by atoms with E-state index in [0.29, 0.717) is 6.42 Å². The van der Waals surface area contributed by atoms with Crippen molar-refractivity contribution in [2.45, 2.75) is 95.5 Å². The molecule has 0 saturated heterocycles. The second kappa shape index (κ2) is 11.6. The van der Waals surface area contributed by atoms with Gasteiger partial charge in [0.25, 0.3) is 0 Å². The summed E-state index contributed by atoms with van der Waals surface area (Å²) in [6.07, 6.45) is 8.00. The van der Waals surface area contributed by atoms with Crippen molar-refractivity contribution in [2.75, 3.05) is 0 Å². The summed E-state index contributed by atoms with van der Waals surface area (Å²) in [5, 5.41) is 29.5. The third kappa shape index (κ3) is 9.08. The number of esters is 1. The van der Waals surface area contributed by atoms with Crippen LogP contribution in [0.2, 0.25) is 0 Å². The molecule has 0 aromatic heterocycles. The van der Waals surface area contributed by atoms with Crippen LogP contribution in [0.25, 0.3) is 0 Å². The van der Waals surface area contributed by atoms with Gasteiger partial charge in [-0.05, 0) is 38.2 Å². The number of aliphatic hydroxyl groups excluding tert-OH is 3. The predicted molar refractivity (Wildman–Crippen MR) is 88.9 cm³/mol. The summed E-state index contributed by atoms with van der Waals surface area (Å²) in [7, 11) is 0. The van der Waals surface area contributed by atoms with Gasteiger partial charge in [0.15, 0.2) is 0 Å². The largest absolute Gasteiger partial charge is 0.459 e. The van der Waals surface area contributed by atoms with Gasteiger partial charge in [-0.3, -0.25) is 0 Å². The fourth-order valence-electron chi connectivity index (χ4n) is 2.86. The van der Waals surface area contributed by atoms with Gasteiger partial charge < -0.3 is 20.1 Å². The molecule has 1 aliphatic rings. The summed E-state index contributed by atoms with van der Waals surface area (Å²) in [4.78, 5) is 11.9. The SMILES string of the molecule is CCCCC[C@@H]1CCCCCC(O)C[C@H](O)[C@H](O)/C=C/C(=O)O1.